The molecule has 4 heterocycles. The standard InChI is InChI=1S/C25H33N7O6.C2H6/c1-2-27-23(35)20-18(33)19(34)24(38-20)32-13-28-17-21(26)29-16(30-22(17)32)5-3-4-14-8-10-31(11-9-14)25(36)37-12-15-6-7-15;1-2/h13-15,18-20,24,33-34H,2,4,6-12H2,1H3,(H,27,35)(H2,26,29,30);1-2H3/t18?,19-,20-,24+;/m0./s1. The Bertz CT molecular complexity index is 1250. The number of likely N-dealkylation sites (tertiary alicyclic amines) is 1. The van der Waals surface area contributed by atoms with Gasteiger partial charge in [0.1, 0.15) is 17.7 Å². The normalized spacial score (nSPS) is 24.6. The summed E-state index contributed by atoms with van der Waals surface area (Å²) in [5.41, 5.74) is 6.66. The van der Waals surface area contributed by atoms with E-state index in [2.05, 4.69) is 32.1 Å². The average molecular weight is 558 g/mol. The second-order valence-corrected chi connectivity index (χ2v) is 10.0. The van der Waals surface area contributed by atoms with E-state index >= 15 is 0 Å². The molecule has 0 aromatic carbocycles. The second-order valence-electron chi connectivity index (χ2n) is 10.0. The fourth-order valence-corrected chi connectivity index (χ4v) is 4.72. The van der Waals surface area contributed by atoms with Crippen LogP contribution in [0.3, 0.4) is 0 Å². The van der Waals surface area contributed by atoms with E-state index in [-0.39, 0.29) is 23.4 Å². The van der Waals surface area contributed by atoms with Crippen LogP contribution in [-0.4, -0.2) is 91.2 Å². The molecule has 1 saturated carbocycles. The molecule has 0 radical (unpaired) electrons. The van der Waals surface area contributed by atoms with Gasteiger partial charge in [0, 0.05) is 26.1 Å². The number of nitrogen functional groups attached to an aromatic ring is 1. The number of piperidine rings is 1. The highest BCUT2D eigenvalue weighted by Crippen LogP contribution is 2.32. The number of aliphatic hydroxyl groups is 2. The number of likely N-dealkylation sites (N-methyl/N-ethyl adjacent to an activating group) is 1. The zero-order valence-electron chi connectivity index (χ0n) is 23.2. The third-order valence-electron chi connectivity index (χ3n) is 7.17. The Morgan fingerprint density at radius 3 is 2.55 bits per heavy atom. The van der Waals surface area contributed by atoms with Gasteiger partial charge >= 0.3 is 6.09 Å². The molecule has 3 fully saturated rings. The number of fused-ring (bicyclic) bond motifs is 1. The van der Waals surface area contributed by atoms with Crippen molar-refractivity contribution < 1.29 is 29.3 Å². The number of amides is 2. The van der Waals surface area contributed by atoms with Crippen LogP contribution in [-0.2, 0) is 14.3 Å². The van der Waals surface area contributed by atoms with E-state index in [0.29, 0.717) is 50.0 Å². The monoisotopic (exact) mass is 557 g/mol. The summed E-state index contributed by atoms with van der Waals surface area (Å²) in [5.74, 6) is 6.75. The lowest BCUT2D eigenvalue weighted by Gasteiger charge is -2.30. The molecule has 2 aromatic heterocycles. The van der Waals surface area contributed by atoms with Crippen LogP contribution in [0.1, 0.15) is 64.9 Å². The van der Waals surface area contributed by atoms with E-state index < -0.39 is 30.4 Å². The maximum atomic E-state index is 12.2. The summed E-state index contributed by atoms with van der Waals surface area (Å²) in [7, 11) is 0. The number of hydrogen-bond acceptors (Lipinski definition) is 10. The van der Waals surface area contributed by atoms with Gasteiger partial charge in [0.2, 0.25) is 5.82 Å². The first-order valence-electron chi connectivity index (χ1n) is 14.1. The van der Waals surface area contributed by atoms with E-state index in [0.717, 1.165) is 25.7 Å². The Kier molecular flexibility index (Phi) is 9.78. The highest BCUT2D eigenvalue weighted by Gasteiger charge is 2.47. The van der Waals surface area contributed by atoms with Crippen LogP contribution in [0.25, 0.3) is 11.2 Å². The lowest BCUT2D eigenvalue weighted by atomic mass is 9.94. The number of carbonyl (C=O) groups excluding carboxylic acids is 2. The number of imidazole rings is 1. The smallest absolute Gasteiger partial charge is 0.409 e. The third kappa shape index (κ3) is 6.63. The molecular formula is C27H39N7O6. The first kappa shape index (κ1) is 29.5. The fourth-order valence-electron chi connectivity index (χ4n) is 4.72. The Hall–Kier alpha value is -3.47. The molecular weight excluding hydrogens is 518 g/mol. The Labute approximate surface area is 233 Å². The molecule has 0 bridgehead atoms. The minimum absolute atomic E-state index is 0.115. The Morgan fingerprint density at radius 1 is 1.15 bits per heavy atom. The van der Waals surface area contributed by atoms with E-state index in [1.807, 2.05) is 13.8 Å². The van der Waals surface area contributed by atoms with Crippen molar-refractivity contribution in [3.8, 4) is 11.8 Å². The van der Waals surface area contributed by atoms with Crippen molar-refractivity contribution >= 4 is 29.0 Å². The Morgan fingerprint density at radius 2 is 1.88 bits per heavy atom. The number of aromatic nitrogens is 4. The molecule has 0 spiro atoms. The molecule has 1 aliphatic carbocycles. The molecule has 5 rings (SSSR count). The van der Waals surface area contributed by atoms with Gasteiger partial charge in [-0.05, 0) is 50.4 Å². The van der Waals surface area contributed by atoms with Gasteiger partial charge in [0.05, 0.1) is 12.9 Å². The maximum Gasteiger partial charge on any atom is 0.409 e. The number of nitrogens with one attached hydrogen (secondary N) is 1. The summed E-state index contributed by atoms with van der Waals surface area (Å²) >= 11 is 0. The highest BCUT2D eigenvalue weighted by atomic mass is 16.6. The van der Waals surface area contributed by atoms with Crippen LogP contribution in [0.4, 0.5) is 10.6 Å². The van der Waals surface area contributed by atoms with Crippen molar-refractivity contribution in [2.45, 2.75) is 77.4 Å². The van der Waals surface area contributed by atoms with Gasteiger partial charge in [0.25, 0.3) is 5.91 Å². The van der Waals surface area contributed by atoms with Crippen molar-refractivity contribution in [2.24, 2.45) is 11.8 Å². The van der Waals surface area contributed by atoms with E-state index in [1.54, 1.807) is 11.8 Å². The first-order chi connectivity index (χ1) is 19.4. The van der Waals surface area contributed by atoms with Crippen LogP contribution in [0, 0.1) is 23.7 Å². The number of nitrogens with two attached hydrogens (primary N) is 1. The van der Waals surface area contributed by atoms with Crippen LogP contribution in [0.15, 0.2) is 6.33 Å². The molecule has 40 heavy (non-hydrogen) atoms. The van der Waals surface area contributed by atoms with Crippen molar-refractivity contribution in [1.29, 1.82) is 0 Å². The largest absolute Gasteiger partial charge is 0.449 e. The molecule has 2 aromatic rings. The predicted molar refractivity (Wildman–Crippen MR) is 146 cm³/mol. The van der Waals surface area contributed by atoms with E-state index in [9.17, 15) is 19.8 Å². The number of hydrogen-bond donors (Lipinski definition) is 4. The molecule has 2 aliphatic heterocycles. The molecule has 13 heteroatoms. The number of rotatable bonds is 6. The molecule has 3 aliphatic rings. The quantitative estimate of drug-likeness (QED) is 0.377. The van der Waals surface area contributed by atoms with Crippen molar-refractivity contribution in [2.75, 3.05) is 32.0 Å². The first-order valence-corrected chi connectivity index (χ1v) is 14.1. The molecule has 1 unspecified atom stereocenters. The van der Waals surface area contributed by atoms with Gasteiger partial charge in [-0.1, -0.05) is 19.8 Å². The zero-order valence-corrected chi connectivity index (χ0v) is 23.2. The Balaban J connectivity index is 0.00000181. The average Bonchev–Trinajstić information content (AvgIpc) is 3.63. The van der Waals surface area contributed by atoms with Crippen LogP contribution < -0.4 is 11.1 Å². The zero-order chi connectivity index (χ0) is 28.8. The van der Waals surface area contributed by atoms with Gasteiger partial charge < -0.3 is 35.6 Å². The number of carbonyl (C=O) groups is 2. The lowest BCUT2D eigenvalue weighted by Crippen LogP contribution is -2.42. The maximum absolute atomic E-state index is 12.2. The lowest BCUT2D eigenvalue weighted by molar-refractivity contribution is -0.137. The molecule has 5 N–H and O–H groups in total. The number of ether oxygens (including phenoxy) is 2. The van der Waals surface area contributed by atoms with Gasteiger partial charge in [-0.3, -0.25) is 9.36 Å². The fraction of sp³-hybridized carbons (Fsp3) is 0.667. The summed E-state index contributed by atoms with van der Waals surface area (Å²) in [6.07, 6.45) is 0.603. The summed E-state index contributed by atoms with van der Waals surface area (Å²) in [6, 6.07) is 0. The molecule has 2 amide bonds. The molecule has 218 valence electrons. The summed E-state index contributed by atoms with van der Waals surface area (Å²) in [5, 5.41) is 23.5. The molecule has 4 atom stereocenters. The van der Waals surface area contributed by atoms with Crippen molar-refractivity contribution in [1.82, 2.24) is 29.7 Å². The second kappa shape index (κ2) is 13.3. The summed E-state index contributed by atoms with van der Waals surface area (Å²) in [6.45, 7) is 7.93. The highest BCUT2D eigenvalue weighted by molar-refractivity contribution is 5.83. The van der Waals surface area contributed by atoms with Gasteiger partial charge in [-0.25, -0.2) is 19.7 Å². The van der Waals surface area contributed by atoms with Gasteiger partial charge in [-0.2, -0.15) is 0 Å². The topological polar surface area (TPSA) is 178 Å². The van der Waals surface area contributed by atoms with E-state index in [4.69, 9.17) is 15.2 Å². The van der Waals surface area contributed by atoms with E-state index in [1.165, 1.54) is 10.9 Å². The van der Waals surface area contributed by atoms with Crippen LogP contribution in [0.2, 0.25) is 0 Å². The minimum atomic E-state index is -1.42. The SMILES string of the molecule is CC.CCNC(=O)[C@H]1O[C@@H](n2cnc3c(N)nc(C#CCC4CCN(C(=O)OCC5CC5)CC4)nc32)[C@@H](O)C1O. The molecule has 13 nitrogen and oxygen atoms in total. The van der Waals surface area contributed by atoms with Gasteiger partial charge in [-0.15, -0.1) is 0 Å². The molecule has 2 saturated heterocycles. The number of anilines is 1. The van der Waals surface area contributed by atoms with Gasteiger partial charge in [0.15, 0.2) is 23.8 Å². The van der Waals surface area contributed by atoms with Crippen molar-refractivity contribution in [3.05, 3.63) is 12.2 Å². The summed E-state index contributed by atoms with van der Waals surface area (Å²) < 4.78 is 12.5. The van der Waals surface area contributed by atoms with Crippen LogP contribution >= 0.6 is 0 Å². The third-order valence-corrected chi connectivity index (χ3v) is 7.17. The van der Waals surface area contributed by atoms with Crippen LogP contribution in [0.5, 0.6) is 0 Å². The summed E-state index contributed by atoms with van der Waals surface area (Å²) in [4.78, 5) is 39.1. The van der Waals surface area contributed by atoms with Crippen molar-refractivity contribution in [3.63, 3.8) is 0 Å². The number of nitrogens with zero attached hydrogens (tertiary/aromatic N) is 5. The predicted octanol–water partition coefficient (Wildman–Crippen LogP) is 1.19. The minimum Gasteiger partial charge on any atom is -0.449 e. The number of aliphatic hydroxyl groups excluding tert-OH is 2.